The molecule has 2 amide bonds. The molecule has 9 nitrogen and oxygen atoms in total. The Bertz CT molecular complexity index is 1040. The number of rotatable bonds is 7. The Morgan fingerprint density at radius 2 is 1.76 bits per heavy atom. The molecule has 1 heterocycles. The van der Waals surface area contributed by atoms with Crippen LogP contribution in [0.4, 0.5) is 11.5 Å². The molecular formula is C24H33N5O4. The van der Waals surface area contributed by atoms with Crippen LogP contribution in [0.1, 0.15) is 59.7 Å². The van der Waals surface area contributed by atoms with Gasteiger partial charge in [-0.2, -0.15) is 5.10 Å². The highest BCUT2D eigenvalue weighted by molar-refractivity contribution is 5.97. The van der Waals surface area contributed by atoms with E-state index in [9.17, 15) is 19.7 Å². The number of likely N-dealkylation sites (N-methyl/N-ethyl adjacent to an activating group) is 1. The van der Waals surface area contributed by atoms with Crippen LogP contribution in [0, 0.1) is 10.1 Å². The van der Waals surface area contributed by atoms with Crippen molar-refractivity contribution in [3.63, 3.8) is 0 Å². The summed E-state index contributed by atoms with van der Waals surface area (Å²) in [6, 6.07) is 7.74. The van der Waals surface area contributed by atoms with Crippen molar-refractivity contribution < 1.29 is 14.5 Å². The second-order valence-electron chi connectivity index (χ2n) is 9.83. The lowest BCUT2D eigenvalue weighted by molar-refractivity contribution is -0.384. The highest BCUT2D eigenvalue weighted by Gasteiger charge is 2.26. The SMILES string of the molecule is CCN(CC(=O)Nc1cc(C(C)(C)C)nn1C(C)(C)C)C(=O)/C=C/c1ccc([N+](=O)[O-])cc1. The van der Waals surface area contributed by atoms with Gasteiger partial charge in [0.15, 0.2) is 0 Å². The van der Waals surface area contributed by atoms with Crippen LogP contribution in [0.25, 0.3) is 6.08 Å². The highest BCUT2D eigenvalue weighted by atomic mass is 16.6. The molecule has 2 rings (SSSR count). The first-order chi connectivity index (χ1) is 15.2. The quantitative estimate of drug-likeness (QED) is 0.379. The number of aromatic nitrogens is 2. The van der Waals surface area contributed by atoms with Crippen molar-refractivity contribution in [3.8, 4) is 0 Å². The Labute approximate surface area is 194 Å². The maximum atomic E-state index is 12.8. The molecule has 0 saturated carbocycles. The van der Waals surface area contributed by atoms with Crippen molar-refractivity contribution in [2.45, 2.75) is 59.4 Å². The molecule has 0 aliphatic carbocycles. The van der Waals surface area contributed by atoms with E-state index < -0.39 is 4.92 Å². The minimum Gasteiger partial charge on any atom is -0.330 e. The van der Waals surface area contributed by atoms with E-state index in [0.29, 0.717) is 17.9 Å². The third-order valence-electron chi connectivity index (χ3n) is 4.93. The minimum atomic E-state index is -0.480. The summed E-state index contributed by atoms with van der Waals surface area (Å²) in [5.41, 5.74) is 0.985. The van der Waals surface area contributed by atoms with Crippen molar-refractivity contribution in [1.82, 2.24) is 14.7 Å². The summed E-state index contributed by atoms with van der Waals surface area (Å²) in [6.45, 7) is 14.2. The molecule has 0 unspecified atom stereocenters. The molecular weight excluding hydrogens is 422 g/mol. The van der Waals surface area contributed by atoms with Crippen molar-refractivity contribution >= 4 is 29.4 Å². The van der Waals surface area contributed by atoms with Crippen LogP contribution in [0.15, 0.2) is 36.4 Å². The molecule has 33 heavy (non-hydrogen) atoms. The minimum absolute atomic E-state index is 0.0190. The number of benzene rings is 1. The first kappa shape index (κ1) is 25.8. The van der Waals surface area contributed by atoms with Gasteiger partial charge in [-0.25, -0.2) is 4.68 Å². The number of amides is 2. The number of nitro benzene ring substituents is 1. The third kappa shape index (κ3) is 7.00. The molecule has 178 valence electrons. The first-order valence-electron chi connectivity index (χ1n) is 10.8. The highest BCUT2D eigenvalue weighted by Crippen LogP contribution is 2.28. The van der Waals surface area contributed by atoms with Gasteiger partial charge in [-0.1, -0.05) is 20.8 Å². The fourth-order valence-electron chi connectivity index (χ4n) is 3.03. The van der Waals surface area contributed by atoms with Crippen molar-refractivity contribution in [2.75, 3.05) is 18.4 Å². The monoisotopic (exact) mass is 455 g/mol. The van der Waals surface area contributed by atoms with Gasteiger partial charge in [0.2, 0.25) is 11.8 Å². The summed E-state index contributed by atoms with van der Waals surface area (Å²) in [5, 5.41) is 18.3. The Balaban J connectivity index is 2.11. The topological polar surface area (TPSA) is 110 Å². The molecule has 1 aromatic heterocycles. The second kappa shape index (κ2) is 9.97. The van der Waals surface area contributed by atoms with Crippen LogP contribution in [0.2, 0.25) is 0 Å². The van der Waals surface area contributed by atoms with Gasteiger partial charge >= 0.3 is 0 Å². The van der Waals surface area contributed by atoms with Gasteiger partial charge in [-0.3, -0.25) is 19.7 Å². The molecule has 9 heteroatoms. The molecule has 0 fully saturated rings. The van der Waals surface area contributed by atoms with Gasteiger partial charge in [0.25, 0.3) is 5.69 Å². The Morgan fingerprint density at radius 1 is 1.15 bits per heavy atom. The standard InChI is InChI=1S/C24H33N5O4/c1-8-27(22(31)14-11-17-9-12-18(13-10-17)29(32)33)16-21(30)25-20-15-19(23(2,3)4)26-28(20)24(5,6)7/h9-15H,8,16H2,1-7H3,(H,25,30)/b14-11+. The first-order valence-corrected chi connectivity index (χ1v) is 10.8. The van der Waals surface area contributed by atoms with Crippen LogP contribution in [-0.4, -0.2) is 44.5 Å². The largest absolute Gasteiger partial charge is 0.330 e. The lowest BCUT2D eigenvalue weighted by Crippen LogP contribution is -2.37. The molecule has 1 aromatic carbocycles. The van der Waals surface area contributed by atoms with Crippen LogP contribution < -0.4 is 5.32 Å². The van der Waals surface area contributed by atoms with Crippen LogP contribution in [0.3, 0.4) is 0 Å². The van der Waals surface area contributed by atoms with E-state index in [0.717, 1.165) is 5.69 Å². The maximum Gasteiger partial charge on any atom is 0.269 e. The number of nitro groups is 1. The molecule has 0 bridgehead atoms. The zero-order valence-corrected chi connectivity index (χ0v) is 20.4. The van der Waals surface area contributed by atoms with Crippen molar-refractivity contribution in [2.24, 2.45) is 0 Å². The van der Waals surface area contributed by atoms with Crippen LogP contribution >= 0.6 is 0 Å². The predicted octanol–water partition coefficient (Wildman–Crippen LogP) is 4.34. The molecule has 1 N–H and O–H groups in total. The number of nitrogens with one attached hydrogen (secondary N) is 1. The van der Waals surface area contributed by atoms with E-state index in [4.69, 9.17) is 0 Å². The lowest BCUT2D eigenvalue weighted by atomic mass is 9.92. The third-order valence-corrected chi connectivity index (χ3v) is 4.93. The molecule has 0 saturated heterocycles. The second-order valence-corrected chi connectivity index (χ2v) is 9.83. The number of hydrogen-bond donors (Lipinski definition) is 1. The van der Waals surface area contributed by atoms with E-state index in [1.54, 1.807) is 29.8 Å². The normalized spacial score (nSPS) is 12.1. The van der Waals surface area contributed by atoms with E-state index in [2.05, 4.69) is 31.2 Å². The lowest BCUT2D eigenvalue weighted by Gasteiger charge is -2.24. The van der Waals surface area contributed by atoms with Gasteiger partial charge in [-0.05, 0) is 51.5 Å². The van der Waals surface area contributed by atoms with Gasteiger partial charge in [0, 0.05) is 36.2 Å². The van der Waals surface area contributed by atoms with Crippen LogP contribution in [0.5, 0.6) is 0 Å². The van der Waals surface area contributed by atoms with Crippen LogP contribution in [-0.2, 0) is 20.5 Å². The fourth-order valence-corrected chi connectivity index (χ4v) is 3.03. The molecule has 0 spiro atoms. The summed E-state index contributed by atoms with van der Waals surface area (Å²) in [6.07, 6.45) is 2.92. The number of nitrogens with zero attached hydrogens (tertiary/aromatic N) is 4. The van der Waals surface area contributed by atoms with E-state index in [1.807, 2.05) is 26.8 Å². The summed E-state index contributed by atoms with van der Waals surface area (Å²) in [4.78, 5) is 37.1. The average Bonchev–Trinajstić information content (AvgIpc) is 3.15. The van der Waals surface area contributed by atoms with Gasteiger partial charge in [0.1, 0.15) is 12.4 Å². The number of non-ortho nitro benzene ring substituents is 1. The molecule has 0 radical (unpaired) electrons. The Kier molecular flexibility index (Phi) is 7.79. The molecule has 0 aliphatic heterocycles. The fraction of sp³-hybridized carbons (Fsp3) is 0.458. The van der Waals surface area contributed by atoms with E-state index in [1.165, 1.54) is 23.1 Å². The summed E-state index contributed by atoms with van der Waals surface area (Å²) >= 11 is 0. The van der Waals surface area contributed by atoms with E-state index in [-0.39, 0.29) is 35.0 Å². The molecule has 0 aliphatic rings. The maximum absolute atomic E-state index is 12.8. The molecule has 2 aromatic rings. The van der Waals surface area contributed by atoms with Gasteiger partial charge in [-0.15, -0.1) is 0 Å². The van der Waals surface area contributed by atoms with Gasteiger partial charge in [0.05, 0.1) is 16.2 Å². The summed E-state index contributed by atoms with van der Waals surface area (Å²) in [5.74, 6) is -0.0622. The zero-order chi connectivity index (χ0) is 25.0. The number of hydrogen-bond acceptors (Lipinski definition) is 5. The number of carbonyl (C=O) groups excluding carboxylic acids is 2. The summed E-state index contributed by atoms with van der Waals surface area (Å²) in [7, 11) is 0. The predicted molar refractivity (Wildman–Crippen MR) is 129 cm³/mol. The Morgan fingerprint density at radius 3 is 2.24 bits per heavy atom. The van der Waals surface area contributed by atoms with E-state index >= 15 is 0 Å². The smallest absolute Gasteiger partial charge is 0.269 e. The average molecular weight is 456 g/mol. The number of anilines is 1. The van der Waals surface area contributed by atoms with Crippen molar-refractivity contribution in [1.29, 1.82) is 0 Å². The van der Waals surface area contributed by atoms with Crippen molar-refractivity contribution in [3.05, 3.63) is 57.8 Å². The Hall–Kier alpha value is -3.49. The van der Waals surface area contributed by atoms with Gasteiger partial charge < -0.3 is 10.2 Å². The zero-order valence-electron chi connectivity index (χ0n) is 20.4. The summed E-state index contributed by atoms with van der Waals surface area (Å²) < 4.78 is 1.79. The number of carbonyl (C=O) groups is 2. The molecule has 0 atom stereocenters.